The van der Waals surface area contributed by atoms with Crippen LogP contribution in [-0.4, -0.2) is 49.3 Å². The predicted octanol–water partition coefficient (Wildman–Crippen LogP) is 1.87. The Morgan fingerprint density at radius 2 is 2.12 bits per heavy atom. The molecule has 3 unspecified atom stereocenters. The van der Waals surface area contributed by atoms with E-state index < -0.39 is 0 Å². The molecule has 1 saturated heterocycles. The summed E-state index contributed by atoms with van der Waals surface area (Å²) in [7, 11) is 2.24. The molecule has 1 rings (SSSR count). The molecule has 1 fully saturated rings. The van der Waals surface area contributed by atoms with Crippen LogP contribution in [0.4, 0.5) is 0 Å². The van der Waals surface area contributed by atoms with Gasteiger partial charge in [-0.05, 0) is 26.8 Å². The molecule has 16 heavy (non-hydrogen) atoms. The molecule has 0 saturated carbocycles. The normalized spacial score (nSPS) is 27.9. The molecule has 3 atom stereocenters. The van der Waals surface area contributed by atoms with Crippen molar-refractivity contribution in [2.24, 2.45) is 0 Å². The second-order valence-corrected chi connectivity index (χ2v) is 5.22. The monoisotopic (exact) mass is 228 g/mol. The summed E-state index contributed by atoms with van der Waals surface area (Å²) < 4.78 is 5.64. The molecular weight excluding hydrogens is 200 g/mol. The van der Waals surface area contributed by atoms with E-state index in [4.69, 9.17) is 4.74 Å². The first-order valence-electron chi connectivity index (χ1n) is 6.63. The van der Waals surface area contributed by atoms with Crippen LogP contribution in [0.5, 0.6) is 0 Å². The van der Waals surface area contributed by atoms with Crippen molar-refractivity contribution in [2.45, 2.75) is 64.8 Å². The Morgan fingerprint density at radius 3 is 2.56 bits per heavy atom. The van der Waals surface area contributed by atoms with Crippen LogP contribution in [0.3, 0.4) is 0 Å². The highest BCUT2D eigenvalue weighted by Crippen LogP contribution is 2.20. The van der Waals surface area contributed by atoms with Crippen LogP contribution >= 0.6 is 0 Å². The van der Waals surface area contributed by atoms with Gasteiger partial charge in [0.1, 0.15) is 0 Å². The number of ether oxygens (including phenoxy) is 1. The molecule has 0 bridgehead atoms. The summed E-state index contributed by atoms with van der Waals surface area (Å²) in [6, 6.07) is 1.79. The third-order valence-corrected chi connectivity index (χ3v) is 3.67. The van der Waals surface area contributed by atoms with Crippen molar-refractivity contribution in [2.75, 3.05) is 20.2 Å². The maximum Gasteiger partial charge on any atom is 0.0703 e. The highest BCUT2D eigenvalue weighted by Gasteiger charge is 2.30. The van der Waals surface area contributed by atoms with Gasteiger partial charge in [0, 0.05) is 31.3 Å². The fourth-order valence-electron chi connectivity index (χ4n) is 2.47. The summed E-state index contributed by atoms with van der Waals surface area (Å²) in [5, 5.41) is 3.53. The van der Waals surface area contributed by atoms with Crippen LogP contribution in [0.15, 0.2) is 0 Å². The SMILES string of the molecule is CCC(CNC(C)C)N(C)C1CCOC1C. The second kappa shape index (κ2) is 6.58. The lowest BCUT2D eigenvalue weighted by Gasteiger charge is -2.34. The van der Waals surface area contributed by atoms with Gasteiger partial charge in [-0.15, -0.1) is 0 Å². The molecule has 1 aliphatic rings. The largest absolute Gasteiger partial charge is 0.377 e. The van der Waals surface area contributed by atoms with E-state index in [0.717, 1.165) is 13.2 Å². The molecule has 0 aromatic heterocycles. The average molecular weight is 228 g/mol. The standard InChI is InChI=1S/C13H28N2O/c1-6-12(9-14-10(2)3)15(5)13-7-8-16-11(13)4/h10-14H,6-9H2,1-5H3. The number of likely N-dealkylation sites (N-methyl/N-ethyl adjacent to an activating group) is 1. The van der Waals surface area contributed by atoms with Crippen molar-refractivity contribution in [3.63, 3.8) is 0 Å². The third-order valence-electron chi connectivity index (χ3n) is 3.67. The second-order valence-electron chi connectivity index (χ2n) is 5.22. The molecule has 0 spiro atoms. The Balaban J connectivity index is 2.44. The van der Waals surface area contributed by atoms with Gasteiger partial charge in [0.25, 0.3) is 0 Å². The maximum atomic E-state index is 5.64. The number of hydrogen-bond donors (Lipinski definition) is 1. The van der Waals surface area contributed by atoms with Crippen molar-refractivity contribution < 1.29 is 4.74 Å². The van der Waals surface area contributed by atoms with Crippen LogP contribution in [-0.2, 0) is 4.74 Å². The first-order chi connectivity index (χ1) is 7.56. The number of nitrogens with one attached hydrogen (secondary N) is 1. The van der Waals surface area contributed by atoms with Gasteiger partial charge in [-0.2, -0.15) is 0 Å². The minimum Gasteiger partial charge on any atom is -0.377 e. The van der Waals surface area contributed by atoms with Crippen LogP contribution in [0, 0.1) is 0 Å². The zero-order chi connectivity index (χ0) is 12.1. The van der Waals surface area contributed by atoms with E-state index in [9.17, 15) is 0 Å². The van der Waals surface area contributed by atoms with E-state index >= 15 is 0 Å². The summed E-state index contributed by atoms with van der Waals surface area (Å²) in [5.74, 6) is 0. The minimum absolute atomic E-state index is 0.387. The molecule has 3 heteroatoms. The number of hydrogen-bond acceptors (Lipinski definition) is 3. The van der Waals surface area contributed by atoms with Gasteiger partial charge in [0.05, 0.1) is 6.10 Å². The molecule has 1 heterocycles. The third kappa shape index (κ3) is 3.72. The Bertz CT molecular complexity index is 196. The zero-order valence-corrected chi connectivity index (χ0v) is 11.5. The molecule has 0 aromatic carbocycles. The minimum atomic E-state index is 0.387. The van der Waals surface area contributed by atoms with Gasteiger partial charge in [-0.1, -0.05) is 20.8 Å². The molecule has 1 N–H and O–H groups in total. The fourth-order valence-corrected chi connectivity index (χ4v) is 2.47. The molecule has 0 radical (unpaired) electrons. The summed E-state index contributed by atoms with van der Waals surface area (Å²) in [6.45, 7) is 10.9. The van der Waals surface area contributed by atoms with E-state index in [2.05, 4.69) is 45.0 Å². The van der Waals surface area contributed by atoms with E-state index in [1.54, 1.807) is 0 Å². The van der Waals surface area contributed by atoms with Gasteiger partial charge in [-0.3, -0.25) is 4.90 Å². The topological polar surface area (TPSA) is 24.5 Å². The Hall–Kier alpha value is -0.120. The fraction of sp³-hybridized carbons (Fsp3) is 1.00. The molecule has 96 valence electrons. The average Bonchev–Trinajstić information content (AvgIpc) is 2.64. The lowest BCUT2D eigenvalue weighted by molar-refractivity contribution is 0.0658. The lowest BCUT2D eigenvalue weighted by atomic mass is 10.1. The Kier molecular flexibility index (Phi) is 5.73. The first kappa shape index (κ1) is 13.9. The lowest BCUT2D eigenvalue weighted by Crippen LogP contribution is -2.48. The molecule has 0 amide bonds. The van der Waals surface area contributed by atoms with E-state index in [1.165, 1.54) is 12.8 Å². The quantitative estimate of drug-likeness (QED) is 0.751. The van der Waals surface area contributed by atoms with Crippen LogP contribution < -0.4 is 5.32 Å². The first-order valence-corrected chi connectivity index (χ1v) is 6.63. The molecular formula is C13H28N2O. The van der Waals surface area contributed by atoms with E-state index in [0.29, 0.717) is 24.2 Å². The summed E-state index contributed by atoms with van der Waals surface area (Å²) in [5.41, 5.74) is 0. The van der Waals surface area contributed by atoms with Crippen LogP contribution in [0.2, 0.25) is 0 Å². The summed E-state index contributed by atoms with van der Waals surface area (Å²) >= 11 is 0. The number of rotatable bonds is 6. The van der Waals surface area contributed by atoms with Gasteiger partial charge >= 0.3 is 0 Å². The van der Waals surface area contributed by atoms with Gasteiger partial charge in [-0.25, -0.2) is 0 Å². The smallest absolute Gasteiger partial charge is 0.0703 e. The molecule has 0 aliphatic carbocycles. The molecule has 3 nitrogen and oxygen atoms in total. The highest BCUT2D eigenvalue weighted by molar-refractivity contribution is 4.85. The van der Waals surface area contributed by atoms with Crippen LogP contribution in [0.25, 0.3) is 0 Å². The molecule has 1 aliphatic heterocycles. The van der Waals surface area contributed by atoms with Crippen molar-refractivity contribution >= 4 is 0 Å². The van der Waals surface area contributed by atoms with Crippen molar-refractivity contribution in [1.82, 2.24) is 10.2 Å². The highest BCUT2D eigenvalue weighted by atomic mass is 16.5. The van der Waals surface area contributed by atoms with E-state index in [-0.39, 0.29) is 0 Å². The van der Waals surface area contributed by atoms with Crippen molar-refractivity contribution in [1.29, 1.82) is 0 Å². The Labute approximate surface area is 101 Å². The van der Waals surface area contributed by atoms with Crippen molar-refractivity contribution in [3.05, 3.63) is 0 Å². The van der Waals surface area contributed by atoms with Crippen molar-refractivity contribution in [3.8, 4) is 0 Å². The summed E-state index contributed by atoms with van der Waals surface area (Å²) in [6.07, 6.45) is 2.76. The maximum absolute atomic E-state index is 5.64. The summed E-state index contributed by atoms with van der Waals surface area (Å²) in [4.78, 5) is 2.51. The van der Waals surface area contributed by atoms with Gasteiger partial charge in [0.2, 0.25) is 0 Å². The predicted molar refractivity (Wildman–Crippen MR) is 68.8 cm³/mol. The Morgan fingerprint density at radius 1 is 1.44 bits per heavy atom. The number of nitrogens with zero attached hydrogens (tertiary/aromatic N) is 1. The van der Waals surface area contributed by atoms with Gasteiger partial charge < -0.3 is 10.1 Å². The van der Waals surface area contributed by atoms with Gasteiger partial charge in [0.15, 0.2) is 0 Å². The van der Waals surface area contributed by atoms with E-state index in [1.807, 2.05) is 0 Å². The molecule has 0 aromatic rings. The zero-order valence-electron chi connectivity index (χ0n) is 11.5. The van der Waals surface area contributed by atoms with Crippen LogP contribution in [0.1, 0.15) is 40.5 Å².